The maximum atomic E-state index is 12.1. The van der Waals surface area contributed by atoms with Crippen LogP contribution in [0, 0.1) is 5.41 Å². The van der Waals surface area contributed by atoms with E-state index in [9.17, 15) is 9.59 Å². The topological polar surface area (TPSA) is 145 Å². The Bertz CT molecular complexity index is 811. The summed E-state index contributed by atoms with van der Waals surface area (Å²) < 4.78 is 0. The molecule has 8 nitrogen and oxygen atoms in total. The van der Waals surface area contributed by atoms with Crippen molar-refractivity contribution in [2.24, 2.45) is 5.73 Å². The van der Waals surface area contributed by atoms with Crippen LogP contribution in [0.1, 0.15) is 55.8 Å². The molecule has 0 saturated carbocycles. The zero-order chi connectivity index (χ0) is 24.4. The van der Waals surface area contributed by atoms with Crippen LogP contribution in [0.15, 0.2) is 54.6 Å². The highest BCUT2D eigenvalue weighted by atomic mass is 16.4. The number of rotatable bonds is 10. The Labute approximate surface area is 189 Å². The molecule has 0 saturated heterocycles. The number of hydrogen-bond acceptors (Lipinski definition) is 4. The molecule has 2 aromatic rings. The Morgan fingerprint density at radius 2 is 1.62 bits per heavy atom. The molecule has 0 bridgehead atoms. The Hall–Kier alpha value is -3.68. The van der Waals surface area contributed by atoms with Crippen LogP contribution in [0.25, 0.3) is 0 Å². The number of nitrogens with one attached hydrogen (secondary N) is 3. The number of carbonyl (C=O) groups is 3. The molecule has 0 aliphatic rings. The van der Waals surface area contributed by atoms with Crippen molar-refractivity contribution in [1.29, 1.82) is 5.41 Å². The fourth-order valence-corrected chi connectivity index (χ4v) is 2.83. The molecular formula is C24H34N4O4. The first kappa shape index (κ1) is 28.3. The van der Waals surface area contributed by atoms with Crippen LogP contribution in [0.4, 0.5) is 4.79 Å². The van der Waals surface area contributed by atoms with Gasteiger partial charge in [-0.15, -0.1) is 0 Å². The number of carboxylic acids is 1. The van der Waals surface area contributed by atoms with Crippen molar-refractivity contribution in [2.75, 3.05) is 6.54 Å². The lowest BCUT2D eigenvalue weighted by molar-refractivity contribution is -0.137. The summed E-state index contributed by atoms with van der Waals surface area (Å²) in [5, 5.41) is 22.0. The molecule has 2 aromatic carbocycles. The van der Waals surface area contributed by atoms with Gasteiger partial charge in [-0.05, 0) is 30.4 Å². The lowest BCUT2D eigenvalue weighted by Gasteiger charge is -2.18. The van der Waals surface area contributed by atoms with Gasteiger partial charge in [-0.3, -0.25) is 10.2 Å². The summed E-state index contributed by atoms with van der Waals surface area (Å²) in [4.78, 5) is 31.2. The number of carbonyl (C=O) groups excluding carboxylic acids is 2. The molecular weight excluding hydrogens is 408 g/mol. The van der Waals surface area contributed by atoms with Gasteiger partial charge >= 0.3 is 12.0 Å². The summed E-state index contributed by atoms with van der Waals surface area (Å²) >= 11 is 0. The second kappa shape index (κ2) is 17.0. The van der Waals surface area contributed by atoms with E-state index in [1.807, 2.05) is 63.1 Å². The summed E-state index contributed by atoms with van der Waals surface area (Å²) in [6.45, 7) is 6.51. The number of aryl methyl sites for hydroxylation is 1. The molecule has 6 N–H and O–H groups in total. The summed E-state index contributed by atoms with van der Waals surface area (Å²) in [5.74, 6) is -0.914. The number of unbranched alkanes of at least 4 members (excludes halogenated alkanes) is 1. The van der Waals surface area contributed by atoms with E-state index in [0.29, 0.717) is 12.1 Å². The third-order valence-electron chi connectivity index (χ3n) is 4.33. The van der Waals surface area contributed by atoms with Crippen LogP contribution in [-0.4, -0.2) is 36.3 Å². The summed E-state index contributed by atoms with van der Waals surface area (Å²) in [6.07, 6.45) is 2.40. The monoisotopic (exact) mass is 442 g/mol. The largest absolute Gasteiger partial charge is 0.481 e. The van der Waals surface area contributed by atoms with Gasteiger partial charge in [0.1, 0.15) is 12.6 Å². The second-order valence-electron chi connectivity index (χ2n) is 6.53. The van der Waals surface area contributed by atoms with Crippen LogP contribution in [0.2, 0.25) is 0 Å². The van der Waals surface area contributed by atoms with Crippen molar-refractivity contribution >= 4 is 24.6 Å². The lowest BCUT2D eigenvalue weighted by atomic mass is 10.0. The Morgan fingerprint density at radius 3 is 2.16 bits per heavy atom. The fraction of sp³-hybridized carbons (Fsp3) is 0.333. The molecule has 2 rings (SSSR count). The van der Waals surface area contributed by atoms with E-state index in [1.54, 1.807) is 12.1 Å². The first-order chi connectivity index (χ1) is 15.5. The number of benzene rings is 2. The van der Waals surface area contributed by atoms with Gasteiger partial charge in [-0.25, -0.2) is 4.79 Å². The predicted octanol–water partition coefficient (Wildman–Crippen LogP) is 3.65. The Kier molecular flexibility index (Phi) is 15.1. The molecule has 32 heavy (non-hydrogen) atoms. The Morgan fingerprint density at radius 1 is 1.03 bits per heavy atom. The summed E-state index contributed by atoms with van der Waals surface area (Å²) in [6, 6.07) is 15.7. The van der Waals surface area contributed by atoms with Gasteiger partial charge in [-0.2, -0.15) is 0 Å². The number of carboxylic acid groups (broad SMARTS) is 1. The van der Waals surface area contributed by atoms with Crippen molar-refractivity contribution in [2.45, 2.75) is 45.6 Å². The maximum absolute atomic E-state index is 12.1. The van der Waals surface area contributed by atoms with Crippen LogP contribution in [0.3, 0.4) is 0 Å². The molecule has 8 heteroatoms. The highest BCUT2D eigenvalue weighted by Gasteiger charge is 2.17. The molecule has 1 unspecified atom stereocenters. The first-order valence-corrected chi connectivity index (χ1v) is 10.5. The van der Waals surface area contributed by atoms with Crippen LogP contribution in [0.5, 0.6) is 0 Å². The zero-order valence-electron chi connectivity index (χ0n) is 18.8. The van der Waals surface area contributed by atoms with E-state index in [2.05, 4.69) is 10.6 Å². The maximum Gasteiger partial charge on any atom is 0.315 e. The zero-order valence-corrected chi connectivity index (χ0v) is 18.8. The minimum Gasteiger partial charge on any atom is -0.481 e. The van der Waals surface area contributed by atoms with Crippen LogP contribution in [-0.2, 0) is 16.0 Å². The van der Waals surface area contributed by atoms with Gasteiger partial charge < -0.3 is 26.3 Å². The molecule has 2 amide bonds. The average Bonchev–Trinajstić information content (AvgIpc) is 2.81. The number of nitrogen functional groups attached to an aromatic ring is 1. The number of hydrogen-bond donors (Lipinski definition) is 5. The number of amidine groups is 1. The lowest BCUT2D eigenvalue weighted by Crippen LogP contribution is -2.39. The molecule has 0 aliphatic carbocycles. The van der Waals surface area contributed by atoms with E-state index >= 15 is 0 Å². The quantitative estimate of drug-likeness (QED) is 0.217. The van der Waals surface area contributed by atoms with Gasteiger partial charge in [0, 0.05) is 12.1 Å². The molecule has 0 heterocycles. The Balaban J connectivity index is 0.00000227. The van der Waals surface area contributed by atoms with Gasteiger partial charge in [0.25, 0.3) is 0 Å². The van der Waals surface area contributed by atoms with E-state index in [0.717, 1.165) is 30.4 Å². The number of urea groups is 1. The molecule has 0 fully saturated rings. The molecule has 0 spiro atoms. The molecule has 0 aromatic heterocycles. The molecule has 1 atom stereocenters. The number of amides is 2. The molecule has 174 valence electrons. The van der Waals surface area contributed by atoms with E-state index < -0.39 is 12.0 Å². The third-order valence-corrected chi connectivity index (χ3v) is 4.33. The summed E-state index contributed by atoms with van der Waals surface area (Å²) in [5.41, 5.74) is 8.05. The third kappa shape index (κ3) is 11.5. The highest BCUT2D eigenvalue weighted by molar-refractivity contribution is 5.94. The molecule has 0 radical (unpaired) electrons. The normalized spacial score (nSPS) is 10.3. The van der Waals surface area contributed by atoms with Gasteiger partial charge in [0.2, 0.25) is 0 Å². The van der Waals surface area contributed by atoms with Crippen LogP contribution >= 0.6 is 0 Å². The first-order valence-electron chi connectivity index (χ1n) is 10.5. The minimum atomic E-state index is -0.968. The minimum absolute atomic E-state index is 0.0541. The van der Waals surface area contributed by atoms with E-state index in [4.69, 9.17) is 21.0 Å². The van der Waals surface area contributed by atoms with E-state index in [1.165, 1.54) is 0 Å². The van der Waals surface area contributed by atoms with Crippen molar-refractivity contribution in [3.63, 3.8) is 0 Å². The highest BCUT2D eigenvalue weighted by Crippen LogP contribution is 2.16. The fourth-order valence-electron chi connectivity index (χ4n) is 2.83. The SMILES string of the molecule is C=O.CC.N=C(N)c1ccc(CCCCNC(=O)NC(CC(=O)O)c2ccccc2)cc1. The van der Waals surface area contributed by atoms with Crippen molar-refractivity contribution in [3.8, 4) is 0 Å². The standard InChI is InChI=1S/C21H26N4O3.C2H6.CH2O/c22-20(23)17-11-9-15(10-12-17)6-4-5-13-24-21(28)25-18(14-19(26)27)16-7-2-1-3-8-16;2*1-2/h1-3,7-12,18H,4-6,13-14H2,(H3,22,23)(H,26,27)(H2,24,25,28);1-2H3;1H2. The van der Waals surface area contributed by atoms with Gasteiger partial charge in [-0.1, -0.05) is 68.4 Å². The smallest absolute Gasteiger partial charge is 0.315 e. The van der Waals surface area contributed by atoms with Crippen molar-refractivity contribution in [1.82, 2.24) is 10.6 Å². The molecule has 0 aliphatic heterocycles. The van der Waals surface area contributed by atoms with Gasteiger partial charge in [0.05, 0.1) is 12.5 Å². The second-order valence-corrected chi connectivity index (χ2v) is 6.53. The van der Waals surface area contributed by atoms with Crippen LogP contribution < -0.4 is 16.4 Å². The van der Waals surface area contributed by atoms with Crippen molar-refractivity contribution < 1.29 is 19.5 Å². The van der Waals surface area contributed by atoms with E-state index in [-0.39, 0.29) is 18.3 Å². The number of nitrogens with two attached hydrogens (primary N) is 1. The summed E-state index contributed by atoms with van der Waals surface area (Å²) in [7, 11) is 0. The average molecular weight is 443 g/mol. The number of aliphatic carboxylic acids is 1. The van der Waals surface area contributed by atoms with Gasteiger partial charge in [0.15, 0.2) is 0 Å². The van der Waals surface area contributed by atoms with Crippen molar-refractivity contribution in [3.05, 3.63) is 71.3 Å². The predicted molar refractivity (Wildman–Crippen MR) is 127 cm³/mol.